The fraction of sp³-hybridized carbons (Fsp3) is 0.419. The molecule has 10 heteroatoms. The van der Waals surface area contributed by atoms with Gasteiger partial charge >= 0.3 is 0 Å². The number of nitrogens with one attached hydrogen (secondary N) is 1. The van der Waals surface area contributed by atoms with Crippen molar-refractivity contribution in [3.63, 3.8) is 0 Å². The van der Waals surface area contributed by atoms with Crippen LogP contribution in [0.2, 0.25) is 5.02 Å². The van der Waals surface area contributed by atoms with E-state index in [9.17, 15) is 4.79 Å². The number of piperazine rings is 1. The van der Waals surface area contributed by atoms with Gasteiger partial charge in [0.05, 0.1) is 16.7 Å². The second-order valence-corrected chi connectivity index (χ2v) is 12.1. The van der Waals surface area contributed by atoms with Crippen LogP contribution in [0.1, 0.15) is 45.0 Å². The summed E-state index contributed by atoms with van der Waals surface area (Å²) in [7, 11) is 0. The molecule has 2 aromatic carbocycles. The van der Waals surface area contributed by atoms with E-state index in [0.717, 1.165) is 29.6 Å². The van der Waals surface area contributed by atoms with Crippen LogP contribution in [-0.2, 0) is 4.79 Å². The number of hydrogen-bond donors (Lipinski definition) is 1. The SMILES string of the molecule is C=CC(=O)N1C[C@H](C)N(c2nc(C3CN(C(C)C)C3)nc3c(F)c(-c4c(C)ccc5[nH]ncc45)c(Cl)cc23)C[C@H]1C. The van der Waals surface area contributed by atoms with E-state index in [1.807, 2.05) is 30.9 Å². The van der Waals surface area contributed by atoms with Crippen LogP contribution in [0.25, 0.3) is 32.9 Å². The zero-order chi connectivity index (χ0) is 29.2. The Morgan fingerprint density at radius 3 is 2.59 bits per heavy atom. The Balaban J connectivity index is 1.54. The average molecular weight is 576 g/mol. The molecule has 41 heavy (non-hydrogen) atoms. The zero-order valence-corrected chi connectivity index (χ0v) is 24.8. The highest BCUT2D eigenvalue weighted by Gasteiger charge is 2.36. The number of aryl methyl sites for hydroxylation is 1. The van der Waals surface area contributed by atoms with E-state index in [1.54, 1.807) is 12.3 Å². The topological polar surface area (TPSA) is 81.3 Å². The number of benzene rings is 2. The van der Waals surface area contributed by atoms with Gasteiger partial charge in [0.2, 0.25) is 5.91 Å². The fourth-order valence-electron chi connectivity index (χ4n) is 6.23. The van der Waals surface area contributed by atoms with Crippen molar-refractivity contribution in [3.05, 3.63) is 59.3 Å². The first-order chi connectivity index (χ1) is 19.6. The van der Waals surface area contributed by atoms with E-state index in [2.05, 4.69) is 47.3 Å². The molecule has 0 radical (unpaired) electrons. The summed E-state index contributed by atoms with van der Waals surface area (Å²) in [5, 5.41) is 8.82. The Morgan fingerprint density at radius 1 is 1.12 bits per heavy atom. The molecule has 1 N–H and O–H groups in total. The Hall–Kier alpha value is -3.56. The largest absolute Gasteiger partial charge is 0.349 e. The minimum Gasteiger partial charge on any atom is -0.349 e. The maximum atomic E-state index is 16.8. The lowest BCUT2D eigenvalue weighted by Crippen LogP contribution is -2.58. The highest BCUT2D eigenvalue weighted by Crippen LogP contribution is 2.43. The summed E-state index contributed by atoms with van der Waals surface area (Å²) in [6.45, 7) is 16.7. The first kappa shape index (κ1) is 27.6. The number of anilines is 1. The number of rotatable bonds is 5. The summed E-state index contributed by atoms with van der Waals surface area (Å²) in [4.78, 5) is 28.8. The minimum atomic E-state index is -0.463. The van der Waals surface area contributed by atoms with Gasteiger partial charge in [-0.3, -0.25) is 14.8 Å². The van der Waals surface area contributed by atoms with Crippen LogP contribution in [0.3, 0.4) is 0 Å². The van der Waals surface area contributed by atoms with Gasteiger partial charge in [-0.05, 0) is 58.4 Å². The van der Waals surface area contributed by atoms with Gasteiger partial charge in [0.15, 0.2) is 5.82 Å². The number of fused-ring (bicyclic) bond motifs is 2. The summed E-state index contributed by atoms with van der Waals surface area (Å²) in [6.07, 6.45) is 3.06. The number of carbonyl (C=O) groups is 1. The van der Waals surface area contributed by atoms with Crippen LogP contribution >= 0.6 is 11.6 Å². The number of nitrogens with zero attached hydrogens (tertiary/aromatic N) is 6. The van der Waals surface area contributed by atoms with Crippen molar-refractivity contribution in [2.45, 2.75) is 58.7 Å². The van der Waals surface area contributed by atoms with Gasteiger partial charge in [-0.1, -0.05) is 24.2 Å². The van der Waals surface area contributed by atoms with Crippen LogP contribution in [0.4, 0.5) is 10.2 Å². The number of aromatic nitrogens is 4. The molecule has 2 fully saturated rings. The van der Waals surface area contributed by atoms with Crippen LogP contribution in [0.5, 0.6) is 0 Å². The van der Waals surface area contributed by atoms with Crippen LogP contribution in [0.15, 0.2) is 37.1 Å². The van der Waals surface area contributed by atoms with E-state index in [1.165, 1.54) is 6.08 Å². The molecule has 0 aliphatic carbocycles. The third-order valence-corrected chi connectivity index (χ3v) is 8.98. The van der Waals surface area contributed by atoms with Gasteiger partial charge in [-0.2, -0.15) is 5.10 Å². The van der Waals surface area contributed by atoms with E-state index < -0.39 is 5.82 Å². The van der Waals surface area contributed by atoms with Crippen molar-refractivity contribution < 1.29 is 9.18 Å². The minimum absolute atomic E-state index is 0.0574. The van der Waals surface area contributed by atoms with E-state index in [4.69, 9.17) is 21.6 Å². The van der Waals surface area contributed by atoms with Gasteiger partial charge in [-0.15, -0.1) is 0 Å². The van der Waals surface area contributed by atoms with Crippen molar-refractivity contribution >= 4 is 45.1 Å². The Kier molecular flexibility index (Phi) is 6.98. The van der Waals surface area contributed by atoms with Crippen molar-refractivity contribution in [1.82, 2.24) is 30.0 Å². The predicted octanol–water partition coefficient (Wildman–Crippen LogP) is 5.69. The number of amides is 1. The molecule has 2 aliphatic heterocycles. The number of carbonyl (C=O) groups excluding carboxylic acids is 1. The molecule has 2 atom stereocenters. The first-order valence-electron chi connectivity index (χ1n) is 14.1. The number of halogens is 2. The highest BCUT2D eigenvalue weighted by molar-refractivity contribution is 6.35. The quantitative estimate of drug-likeness (QED) is 0.308. The lowest BCUT2D eigenvalue weighted by molar-refractivity contribution is -0.128. The van der Waals surface area contributed by atoms with Crippen LogP contribution < -0.4 is 4.90 Å². The van der Waals surface area contributed by atoms with Crippen LogP contribution in [-0.4, -0.2) is 80.2 Å². The van der Waals surface area contributed by atoms with Crippen molar-refractivity contribution in [2.24, 2.45) is 0 Å². The van der Waals surface area contributed by atoms with Crippen molar-refractivity contribution in [2.75, 3.05) is 31.1 Å². The lowest BCUT2D eigenvalue weighted by Gasteiger charge is -2.45. The molecule has 6 rings (SSSR count). The molecular weight excluding hydrogens is 541 g/mol. The highest BCUT2D eigenvalue weighted by atomic mass is 35.5. The number of hydrogen-bond acceptors (Lipinski definition) is 6. The summed E-state index contributed by atoms with van der Waals surface area (Å²) in [5.41, 5.74) is 2.99. The molecule has 2 saturated heterocycles. The van der Waals surface area contributed by atoms with Gasteiger partial charge in [0, 0.05) is 72.1 Å². The molecule has 1 amide bonds. The average Bonchev–Trinajstić information content (AvgIpc) is 3.38. The summed E-state index contributed by atoms with van der Waals surface area (Å²) in [5.74, 6) is 0.843. The van der Waals surface area contributed by atoms with E-state index in [-0.39, 0.29) is 29.4 Å². The molecule has 4 aromatic rings. The van der Waals surface area contributed by atoms with Gasteiger partial charge in [0.25, 0.3) is 0 Å². The van der Waals surface area contributed by atoms with Gasteiger partial charge in [-0.25, -0.2) is 14.4 Å². The third-order valence-electron chi connectivity index (χ3n) is 8.68. The van der Waals surface area contributed by atoms with E-state index in [0.29, 0.717) is 52.3 Å². The normalized spacial score (nSPS) is 20.3. The van der Waals surface area contributed by atoms with Crippen LogP contribution in [0, 0.1) is 12.7 Å². The van der Waals surface area contributed by atoms with E-state index >= 15 is 4.39 Å². The van der Waals surface area contributed by atoms with Gasteiger partial charge < -0.3 is 9.80 Å². The lowest BCUT2D eigenvalue weighted by atomic mass is 9.94. The maximum Gasteiger partial charge on any atom is 0.246 e. The molecule has 214 valence electrons. The molecule has 0 bridgehead atoms. The first-order valence-corrected chi connectivity index (χ1v) is 14.5. The molecule has 2 aliphatic rings. The Morgan fingerprint density at radius 2 is 1.88 bits per heavy atom. The zero-order valence-electron chi connectivity index (χ0n) is 24.1. The number of aromatic amines is 1. The molecule has 0 spiro atoms. The summed E-state index contributed by atoms with van der Waals surface area (Å²) < 4.78 is 16.8. The maximum absolute atomic E-state index is 16.8. The molecule has 0 unspecified atom stereocenters. The monoisotopic (exact) mass is 575 g/mol. The van der Waals surface area contributed by atoms with Crippen molar-refractivity contribution in [3.8, 4) is 11.1 Å². The van der Waals surface area contributed by atoms with Gasteiger partial charge in [0.1, 0.15) is 17.2 Å². The standard InChI is InChI=1S/C31H35ClFN7O/c1-7-25(41)39-12-19(6)40(13-18(39)5)31-21-10-23(32)27(26-17(4)8-9-24-22(26)11-34-37-24)28(33)29(21)35-30(36-31)20-14-38(15-20)16(2)3/h7-11,16,18-20H,1,12-15H2,2-6H3,(H,34,37)/t18-,19+/m1/s1. The number of likely N-dealkylation sites (tertiary alicyclic amines) is 1. The predicted molar refractivity (Wildman–Crippen MR) is 162 cm³/mol. The molecular formula is C31H35ClFN7O. The fourth-order valence-corrected chi connectivity index (χ4v) is 6.52. The molecule has 0 saturated carbocycles. The second-order valence-electron chi connectivity index (χ2n) is 11.7. The summed E-state index contributed by atoms with van der Waals surface area (Å²) in [6, 6.07) is 5.96. The Bertz CT molecular complexity index is 1680. The Labute approximate surface area is 244 Å². The third kappa shape index (κ3) is 4.55. The molecule has 4 heterocycles. The molecule has 2 aromatic heterocycles. The summed E-state index contributed by atoms with van der Waals surface area (Å²) >= 11 is 6.92. The number of H-pyrrole nitrogens is 1. The smallest absolute Gasteiger partial charge is 0.246 e. The van der Waals surface area contributed by atoms with Crippen molar-refractivity contribution in [1.29, 1.82) is 0 Å². The second kappa shape index (κ2) is 10.4. The molecule has 8 nitrogen and oxygen atoms in total.